The zero-order valence-electron chi connectivity index (χ0n) is 18.5. The van der Waals surface area contributed by atoms with Gasteiger partial charge < -0.3 is 14.4 Å². The predicted molar refractivity (Wildman–Crippen MR) is 127 cm³/mol. The number of fused-ring (bicyclic) bond motifs is 1. The van der Waals surface area contributed by atoms with E-state index < -0.39 is 10.0 Å². The van der Waals surface area contributed by atoms with Gasteiger partial charge in [0.25, 0.3) is 0 Å². The first kappa shape index (κ1) is 23.7. The lowest BCUT2D eigenvalue weighted by molar-refractivity contribution is -0.133. The number of carbonyl (C=O) groups is 1. The lowest BCUT2D eigenvalue weighted by Gasteiger charge is -2.35. The molecule has 1 saturated heterocycles. The molecule has 0 atom stereocenters. The van der Waals surface area contributed by atoms with Crippen LogP contribution in [-0.4, -0.2) is 80.9 Å². The monoisotopic (exact) mass is 491 g/mol. The van der Waals surface area contributed by atoms with Crippen molar-refractivity contribution >= 4 is 27.3 Å². The number of piperazine rings is 1. The quantitative estimate of drug-likeness (QED) is 0.528. The molecule has 2 aliphatic rings. The first-order valence-corrected chi connectivity index (χ1v) is 13.3. The Morgan fingerprint density at radius 2 is 1.88 bits per heavy atom. The third-order valence-corrected chi connectivity index (χ3v) is 8.41. The van der Waals surface area contributed by atoms with Gasteiger partial charge in [-0.2, -0.15) is 4.31 Å². The lowest BCUT2D eigenvalue weighted by atomic mass is 10.3. The number of rotatable bonds is 8. The van der Waals surface area contributed by atoms with Crippen molar-refractivity contribution in [1.82, 2.24) is 14.1 Å². The fraction of sp³-hybridized carbons (Fsp3) is 0.435. The molecule has 10 heteroatoms. The van der Waals surface area contributed by atoms with Crippen LogP contribution < -0.4 is 9.47 Å². The lowest BCUT2D eigenvalue weighted by Crippen LogP contribution is -2.52. The van der Waals surface area contributed by atoms with Crippen LogP contribution in [0.1, 0.15) is 11.3 Å². The van der Waals surface area contributed by atoms with Crippen LogP contribution in [0, 0.1) is 0 Å². The van der Waals surface area contributed by atoms with E-state index in [-0.39, 0.29) is 30.4 Å². The number of hydrogen-bond donors (Lipinski definition) is 0. The second kappa shape index (κ2) is 10.7. The molecule has 1 fully saturated rings. The zero-order valence-corrected chi connectivity index (χ0v) is 20.2. The Balaban J connectivity index is 1.36. The molecule has 0 unspecified atom stereocenters. The smallest absolute Gasteiger partial charge is 0.243 e. The van der Waals surface area contributed by atoms with Gasteiger partial charge in [0.1, 0.15) is 0 Å². The Morgan fingerprint density at radius 1 is 1.12 bits per heavy atom. The van der Waals surface area contributed by atoms with Gasteiger partial charge in [0, 0.05) is 56.6 Å². The Hall–Kier alpha value is -2.40. The Bertz CT molecular complexity index is 1060. The summed E-state index contributed by atoms with van der Waals surface area (Å²) >= 11 is 1.66. The van der Waals surface area contributed by atoms with E-state index in [2.05, 4.69) is 12.6 Å². The van der Waals surface area contributed by atoms with Crippen molar-refractivity contribution in [2.24, 2.45) is 0 Å². The van der Waals surface area contributed by atoms with E-state index in [9.17, 15) is 13.2 Å². The van der Waals surface area contributed by atoms with Gasteiger partial charge in [-0.25, -0.2) is 8.42 Å². The molecule has 1 aromatic carbocycles. The summed E-state index contributed by atoms with van der Waals surface area (Å²) in [6.07, 6.45) is 2.55. The molecule has 4 rings (SSSR count). The molecule has 0 saturated carbocycles. The van der Waals surface area contributed by atoms with E-state index in [1.54, 1.807) is 34.4 Å². The van der Waals surface area contributed by atoms with Crippen LogP contribution in [0.3, 0.4) is 0 Å². The van der Waals surface area contributed by atoms with Crippen molar-refractivity contribution in [3.05, 3.63) is 53.2 Å². The molecule has 2 aliphatic heterocycles. The molecule has 33 heavy (non-hydrogen) atoms. The first-order chi connectivity index (χ1) is 16.0. The van der Waals surface area contributed by atoms with Crippen molar-refractivity contribution in [3.63, 3.8) is 0 Å². The molecule has 3 heterocycles. The number of sulfonamides is 1. The minimum Gasteiger partial charge on any atom is -0.490 e. The van der Waals surface area contributed by atoms with Crippen LogP contribution >= 0.6 is 11.3 Å². The molecule has 2 aromatic rings. The molecule has 178 valence electrons. The highest BCUT2D eigenvalue weighted by molar-refractivity contribution is 7.89. The minimum absolute atomic E-state index is 0.000957. The van der Waals surface area contributed by atoms with Crippen LogP contribution in [0.5, 0.6) is 11.5 Å². The summed E-state index contributed by atoms with van der Waals surface area (Å²) in [5.41, 5.74) is 0. The Morgan fingerprint density at radius 3 is 2.58 bits per heavy atom. The summed E-state index contributed by atoms with van der Waals surface area (Å²) in [4.78, 5) is 18.0. The molecule has 0 spiro atoms. The van der Waals surface area contributed by atoms with Gasteiger partial charge in [-0.05, 0) is 23.6 Å². The molecule has 0 bridgehead atoms. The highest BCUT2D eigenvalue weighted by atomic mass is 32.2. The summed E-state index contributed by atoms with van der Waals surface area (Å²) in [6.45, 7) is 7.66. The topological polar surface area (TPSA) is 79.4 Å². The van der Waals surface area contributed by atoms with Gasteiger partial charge >= 0.3 is 0 Å². The third kappa shape index (κ3) is 5.75. The number of nitrogens with zero attached hydrogens (tertiary/aromatic N) is 3. The fourth-order valence-electron chi connectivity index (χ4n) is 3.91. The van der Waals surface area contributed by atoms with Crippen molar-refractivity contribution in [2.45, 2.75) is 17.9 Å². The van der Waals surface area contributed by atoms with Gasteiger partial charge in [0.05, 0.1) is 24.7 Å². The maximum atomic E-state index is 13.2. The normalized spacial score (nSPS) is 17.1. The number of ether oxygens (including phenoxy) is 2. The first-order valence-electron chi connectivity index (χ1n) is 11.0. The Kier molecular flexibility index (Phi) is 7.69. The summed E-state index contributed by atoms with van der Waals surface area (Å²) in [7, 11) is -3.68. The second-order valence-electron chi connectivity index (χ2n) is 7.98. The molecule has 0 N–H and O–H groups in total. The largest absolute Gasteiger partial charge is 0.490 e. The maximum absolute atomic E-state index is 13.2. The van der Waals surface area contributed by atoms with Gasteiger partial charge in [-0.1, -0.05) is 12.1 Å². The van der Waals surface area contributed by atoms with Crippen LogP contribution in [0.4, 0.5) is 0 Å². The summed E-state index contributed by atoms with van der Waals surface area (Å²) in [5, 5.41) is 2.02. The van der Waals surface area contributed by atoms with E-state index >= 15 is 0 Å². The summed E-state index contributed by atoms with van der Waals surface area (Å²) in [5.74, 6) is 1.02. The van der Waals surface area contributed by atoms with E-state index in [1.165, 1.54) is 15.2 Å². The van der Waals surface area contributed by atoms with Crippen molar-refractivity contribution in [1.29, 1.82) is 0 Å². The van der Waals surface area contributed by atoms with E-state index in [0.29, 0.717) is 50.9 Å². The van der Waals surface area contributed by atoms with Gasteiger partial charge in [0.15, 0.2) is 11.5 Å². The number of hydrogen-bond acceptors (Lipinski definition) is 7. The minimum atomic E-state index is -3.68. The number of carbonyl (C=O) groups excluding carboxylic acids is 1. The van der Waals surface area contributed by atoms with Crippen LogP contribution in [0.25, 0.3) is 0 Å². The number of benzene rings is 1. The molecule has 8 nitrogen and oxygen atoms in total. The van der Waals surface area contributed by atoms with Crippen molar-refractivity contribution in [2.75, 3.05) is 52.5 Å². The van der Waals surface area contributed by atoms with Crippen LogP contribution in [-0.2, 0) is 21.4 Å². The summed E-state index contributed by atoms with van der Waals surface area (Å²) < 4.78 is 39.0. The van der Waals surface area contributed by atoms with E-state index in [0.717, 1.165) is 6.42 Å². The number of thiophene rings is 1. The van der Waals surface area contributed by atoms with Gasteiger partial charge in [-0.15, -0.1) is 17.9 Å². The van der Waals surface area contributed by atoms with Crippen LogP contribution in [0.15, 0.2) is 53.3 Å². The predicted octanol–water partition coefficient (Wildman–Crippen LogP) is 2.43. The number of amides is 1. The van der Waals surface area contributed by atoms with Gasteiger partial charge in [0.2, 0.25) is 15.9 Å². The molecular formula is C23H29N3O5S2. The van der Waals surface area contributed by atoms with Crippen molar-refractivity contribution in [3.8, 4) is 11.5 Å². The fourth-order valence-corrected chi connectivity index (χ4v) is 6.10. The Labute approximate surface area is 199 Å². The highest BCUT2D eigenvalue weighted by Gasteiger charge is 2.31. The maximum Gasteiger partial charge on any atom is 0.243 e. The SMILES string of the molecule is C=CCN(CC(=O)N1CCN(S(=O)(=O)c2ccc3c(c2)OCCCO3)CC1)Cc1cccs1. The summed E-state index contributed by atoms with van der Waals surface area (Å²) in [6, 6.07) is 8.78. The molecular weight excluding hydrogens is 462 g/mol. The standard InChI is InChI=1S/C23H29N3O5S2/c1-2-8-24(17-19-5-3-15-32-19)18-23(27)25-9-11-26(12-10-25)33(28,29)20-6-7-21-22(16-20)31-14-4-13-30-21/h2-3,5-7,15-16H,1,4,8-14,17-18H2. The highest BCUT2D eigenvalue weighted by Crippen LogP contribution is 2.33. The van der Waals surface area contributed by atoms with E-state index in [1.807, 2.05) is 16.3 Å². The molecule has 0 radical (unpaired) electrons. The van der Waals surface area contributed by atoms with Gasteiger partial charge in [-0.3, -0.25) is 9.69 Å². The molecule has 0 aliphatic carbocycles. The van der Waals surface area contributed by atoms with E-state index in [4.69, 9.17) is 9.47 Å². The van der Waals surface area contributed by atoms with Crippen LogP contribution in [0.2, 0.25) is 0 Å². The zero-order chi connectivity index (χ0) is 23.3. The molecule has 1 aromatic heterocycles. The average Bonchev–Trinajstić information content (AvgIpc) is 3.21. The third-order valence-electron chi connectivity index (χ3n) is 5.65. The second-order valence-corrected chi connectivity index (χ2v) is 11.0. The van der Waals surface area contributed by atoms with Crippen molar-refractivity contribution < 1.29 is 22.7 Å². The average molecular weight is 492 g/mol. The molecule has 1 amide bonds.